The molecule has 0 saturated carbocycles. The summed E-state index contributed by atoms with van der Waals surface area (Å²) in [6.07, 6.45) is -6.47. The Kier molecular flexibility index (Phi) is 7.98. The monoisotopic (exact) mass is 641 g/mol. The topological polar surface area (TPSA) is 167 Å². The van der Waals surface area contributed by atoms with E-state index >= 15 is 0 Å². The van der Waals surface area contributed by atoms with Crippen molar-refractivity contribution >= 4 is 23.4 Å². The van der Waals surface area contributed by atoms with Crippen molar-refractivity contribution in [2.75, 3.05) is 6.54 Å². The van der Waals surface area contributed by atoms with Gasteiger partial charge in [0.05, 0.1) is 18.8 Å². The molecule has 1 aromatic carbocycles. The quantitative estimate of drug-likeness (QED) is 0.274. The Balaban J connectivity index is 1.46. The van der Waals surface area contributed by atoms with Gasteiger partial charge < -0.3 is 15.7 Å². The van der Waals surface area contributed by atoms with Crippen LogP contribution in [0.4, 0.5) is 22.0 Å². The van der Waals surface area contributed by atoms with Crippen molar-refractivity contribution in [3.05, 3.63) is 75.9 Å². The van der Waals surface area contributed by atoms with Crippen LogP contribution in [-0.4, -0.2) is 86.7 Å². The first-order valence-corrected chi connectivity index (χ1v) is 13.0. The first-order chi connectivity index (χ1) is 20.6. The summed E-state index contributed by atoms with van der Waals surface area (Å²) in [7, 11) is 0. The van der Waals surface area contributed by atoms with Crippen LogP contribution in [0.3, 0.4) is 0 Å². The number of aromatic nitrogens is 7. The molecule has 1 aliphatic rings. The molecule has 2 atom stereocenters. The summed E-state index contributed by atoms with van der Waals surface area (Å²) >= 11 is 5.90. The fourth-order valence-corrected chi connectivity index (χ4v) is 4.71. The Morgan fingerprint density at radius 3 is 2.50 bits per heavy atom. The first kappa shape index (κ1) is 30.7. The van der Waals surface area contributed by atoms with Crippen LogP contribution in [-0.2, 0) is 17.9 Å². The maximum atomic E-state index is 14.1. The van der Waals surface area contributed by atoms with Crippen molar-refractivity contribution in [2.24, 2.45) is 5.73 Å². The van der Waals surface area contributed by atoms with E-state index in [-0.39, 0.29) is 28.6 Å². The molecule has 1 fully saturated rings. The van der Waals surface area contributed by atoms with Crippen molar-refractivity contribution in [3.8, 4) is 17.1 Å². The normalized spacial score (nSPS) is 17.2. The molecule has 0 spiro atoms. The van der Waals surface area contributed by atoms with Crippen LogP contribution in [0.2, 0.25) is 5.02 Å². The molecule has 0 bridgehead atoms. The number of carbonyl (C=O) groups excluding carboxylic acids is 2. The zero-order valence-electron chi connectivity index (χ0n) is 22.2. The third-order valence-electron chi connectivity index (χ3n) is 6.68. The number of aliphatic hydroxyl groups is 1. The molecule has 1 aliphatic heterocycles. The van der Waals surface area contributed by atoms with E-state index in [2.05, 4.69) is 20.2 Å². The number of primary amides is 1. The molecule has 5 rings (SSSR count). The molecule has 13 nitrogen and oxygen atoms in total. The summed E-state index contributed by atoms with van der Waals surface area (Å²) in [5.41, 5.74) is 4.10. The van der Waals surface area contributed by atoms with E-state index in [1.165, 1.54) is 42.6 Å². The van der Waals surface area contributed by atoms with Crippen molar-refractivity contribution in [3.63, 3.8) is 0 Å². The first-order valence-electron chi connectivity index (χ1n) is 12.7. The number of amides is 2. The fourth-order valence-electron chi connectivity index (χ4n) is 4.58. The van der Waals surface area contributed by atoms with E-state index in [4.69, 9.17) is 17.3 Å². The minimum absolute atomic E-state index is 0.0114. The summed E-state index contributed by atoms with van der Waals surface area (Å²) in [4.78, 5) is 46.8. The van der Waals surface area contributed by atoms with Gasteiger partial charge in [-0.15, -0.1) is 10.2 Å². The standard InChI is InChI=1S/C25H21ClF5N9O4/c26-14-5-3-13(4-6-14)21-36-39(23(44)37(21)9-17(41)25(29,30)31)10-18-34-12-40(35-18)15-2-1-7-33-19(15)22(43)38-11-24(27,28)8-16(38)20(32)42/h1-7,12,16-17,41H,8-11H2,(H2,32,42)/t16-,17?/m1/s1. The lowest BCUT2D eigenvalue weighted by atomic mass is 10.1. The summed E-state index contributed by atoms with van der Waals surface area (Å²) in [5.74, 6) is -5.74. The number of hydrogen-bond donors (Lipinski definition) is 2. The minimum atomic E-state index is -5.01. The molecular formula is C25H21ClF5N9O4. The van der Waals surface area contributed by atoms with E-state index in [1.54, 1.807) is 0 Å². The zero-order chi connectivity index (χ0) is 32.0. The van der Waals surface area contributed by atoms with Gasteiger partial charge in [0.15, 0.2) is 23.4 Å². The maximum Gasteiger partial charge on any atom is 0.416 e. The van der Waals surface area contributed by atoms with Crippen LogP contribution in [0.5, 0.6) is 0 Å². The Morgan fingerprint density at radius 1 is 1.14 bits per heavy atom. The van der Waals surface area contributed by atoms with Crippen molar-refractivity contribution in [2.45, 2.75) is 43.8 Å². The highest BCUT2D eigenvalue weighted by atomic mass is 35.5. The highest BCUT2D eigenvalue weighted by Gasteiger charge is 2.50. The summed E-state index contributed by atoms with van der Waals surface area (Å²) in [6, 6.07) is 6.98. The molecule has 0 aliphatic carbocycles. The highest BCUT2D eigenvalue weighted by Crippen LogP contribution is 2.33. The van der Waals surface area contributed by atoms with Gasteiger partial charge in [-0.25, -0.2) is 32.9 Å². The van der Waals surface area contributed by atoms with Gasteiger partial charge >= 0.3 is 11.9 Å². The van der Waals surface area contributed by atoms with Crippen molar-refractivity contribution in [1.29, 1.82) is 0 Å². The maximum absolute atomic E-state index is 14.1. The number of carbonyl (C=O) groups is 2. The van der Waals surface area contributed by atoms with Gasteiger partial charge in [0.1, 0.15) is 18.9 Å². The molecule has 3 N–H and O–H groups in total. The van der Waals surface area contributed by atoms with Crippen LogP contribution in [0.25, 0.3) is 17.1 Å². The lowest BCUT2D eigenvalue weighted by Gasteiger charge is -2.22. The van der Waals surface area contributed by atoms with Crippen LogP contribution in [0.1, 0.15) is 22.7 Å². The number of likely N-dealkylation sites (tertiary alicyclic amines) is 1. The zero-order valence-corrected chi connectivity index (χ0v) is 23.0. The summed E-state index contributed by atoms with van der Waals surface area (Å²) in [6.45, 7) is -2.65. The number of nitrogens with zero attached hydrogens (tertiary/aromatic N) is 8. The minimum Gasteiger partial charge on any atom is -0.382 e. The third kappa shape index (κ3) is 6.16. The molecule has 4 heterocycles. The number of aliphatic hydroxyl groups excluding tert-OH is 1. The molecule has 1 unspecified atom stereocenters. The Labute approximate surface area is 248 Å². The number of nitrogens with two attached hydrogens (primary N) is 1. The number of pyridine rings is 1. The second-order valence-electron chi connectivity index (χ2n) is 9.83. The Hall–Kier alpha value is -4.71. The van der Waals surface area contributed by atoms with Gasteiger partial charge in [-0.3, -0.25) is 14.2 Å². The molecule has 1 saturated heterocycles. The number of alkyl halides is 5. The molecule has 4 aromatic rings. The SMILES string of the molecule is NC(=O)[C@H]1CC(F)(F)CN1C(=O)c1ncccc1-n1cnc(Cn2nc(-c3ccc(Cl)cc3)n(CC(O)C(F)(F)F)c2=O)n1. The van der Waals surface area contributed by atoms with Gasteiger partial charge in [-0.05, 0) is 36.4 Å². The fraction of sp³-hybridized carbons (Fsp3) is 0.320. The van der Waals surface area contributed by atoms with Gasteiger partial charge in [0.25, 0.3) is 11.8 Å². The van der Waals surface area contributed by atoms with Crippen LogP contribution < -0.4 is 11.4 Å². The third-order valence-corrected chi connectivity index (χ3v) is 6.94. The number of rotatable bonds is 8. The smallest absolute Gasteiger partial charge is 0.382 e. The van der Waals surface area contributed by atoms with Gasteiger partial charge in [0.2, 0.25) is 5.91 Å². The van der Waals surface area contributed by atoms with Crippen LogP contribution in [0.15, 0.2) is 53.7 Å². The second kappa shape index (κ2) is 11.4. The van der Waals surface area contributed by atoms with Gasteiger partial charge in [-0.1, -0.05) is 11.6 Å². The summed E-state index contributed by atoms with van der Waals surface area (Å²) < 4.78 is 70.0. The van der Waals surface area contributed by atoms with E-state index in [9.17, 15) is 41.4 Å². The number of benzene rings is 1. The average molecular weight is 642 g/mol. The van der Waals surface area contributed by atoms with E-state index < -0.39 is 67.8 Å². The van der Waals surface area contributed by atoms with Gasteiger partial charge in [0, 0.05) is 23.2 Å². The van der Waals surface area contributed by atoms with E-state index in [1.807, 2.05) is 0 Å². The van der Waals surface area contributed by atoms with Gasteiger partial charge in [-0.2, -0.15) is 13.2 Å². The van der Waals surface area contributed by atoms with Crippen molar-refractivity contribution < 1.29 is 36.6 Å². The number of hydrogen-bond acceptors (Lipinski definition) is 8. The second-order valence-corrected chi connectivity index (χ2v) is 10.3. The predicted octanol–water partition coefficient (Wildman–Crippen LogP) is 1.65. The molecule has 2 amide bonds. The number of halogens is 6. The van der Waals surface area contributed by atoms with E-state index in [0.717, 1.165) is 15.7 Å². The van der Waals surface area contributed by atoms with Crippen LogP contribution in [0, 0.1) is 0 Å². The molecule has 0 radical (unpaired) electrons. The Bertz CT molecular complexity index is 1770. The Morgan fingerprint density at radius 2 is 1.84 bits per heavy atom. The van der Waals surface area contributed by atoms with E-state index in [0.29, 0.717) is 14.5 Å². The molecule has 232 valence electrons. The summed E-state index contributed by atoms with van der Waals surface area (Å²) in [5, 5.41) is 18.3. The molecular weight excluding hydrogens is 621 g/mol. The van der Waals surface area contributed by atoms with Crippen LogP contribution >= 0.6 is 11.6 Å². The largest absolute Gasteiger partial charge is 0.416 e. The molecule has 3 aromatic heterocycles. The van der Waals surface area contributed by atoms with Crippen molar-refractivity contribution in [1.82, 2.24) is 39.0 Å². The molecule has 19 heteroatoms. The molecule has 44 heavy (non-hydrogen) atoms. The predicted molar refractivity (Wildman–Crippen MR) is 141 cm³/mol. The lowest BCUT2D eigenvalue weighted by Crippen LogP contribution is -2.44. The average Bonchev–Trinajstić information content (AvgIpc) is 3.65. The highest BCUT2D eigenvalue weighted by molar-refractivity contribution is 6.30. The lowest BCUT2D eigenvalue weighted by molar-refractivity contribution is -0.207.